The van der Waals surface area contributed by atoms with Gasteiger partial charge in [0, 0.05) is 24.3 Å². The number of nitrogens with zero attached hydrogens (tertiary/aromatic N) is 4. The van der Waals surface area contributed by atoms with Crippen LogP contribution < -0.4 is 14.4 Å². The lowest BCUT2D eigenvalue weighted by atomic mass is 9.76. The highest BCUT2D eigenvalue weighted by molar-refractivity contribution is 7.92. The number of fused-ring (bicyclic) bond motifs is 1. The zero-order valence-electron chi connectivity index (χ0n) is 24.9. The number of halogens is 2. The molecule has 43 heavy (non-hydrogen) atoms. The number of aryl methyl sites for hydroxylation is 1. The van der Waals surface area contributed by atoms with Gasteiger partial charge in [0.05, 0.1) is 31.1 Å². The smallest absolute Gasteiger partial charge is 0.316 e. The second-order valence-corrected chi connectivity index (χ2v) is 14.1. The molecule has 0 saturated heterocycles. The summed E-state index contributed by atoms with van der Waals surface area (Å²) in [7, 11) is -2.08. The van der Waals surface area contributed by atoms with Crippen molar-refractivity contribution in [3.05, 3.63) is 59.2 Å². The van der Waals surface area contributed by atoms with Gasteiger partial charge in [-0.05, 0) is 59.4 Å². The maximum atomic E-state index is 13.1. The van der Waals surface area contributed by atoms with Crippen molar-refractivity contribution in [3.63, 3.8) is 0 Å². The van der Waals surface area contributed by atoms with E-state index in [1.54, 1.807) is 25.3 Å². The van der Waals surface area contributed by atoms with Crippen LogP contribution in [-0.2, 0) is 22.0 Å². The quantitative estimate of drug-likeness (QED) is 0.253. The molecule has 2 heterocycles. The molecule has 230 valence electrons. The standard InChI is InChI=1S/C30H35F2N5O5S/c1-17-11-24(26-35-36-28(42-26)33-19-14-30(38,15-19)27(31)32)34-25-22(17)12-20(13-23(25)29(2,3)4)37(43(6,39)40)16-18-7-9-21(41-5)10-8-18/h7-13,19,27,38H,14-16H2,1-6H3,(H,33,36). The minimum Gasteiger partial charge on any atom is -0.497 e. The second-order valence-electron chi connectivity index (χ2n) is 12.1. The molecular formula is C30H35F2N5O5S. The Morgan fingerprint density at radius 1 is 1.16 bits per heavy atom. The molecule has 5 rings (SSSR count). The molecule has 0 atom stereocenters. The highest BCUT2D eigenvalue weighted by Gasteiger charge is 2.50. The summed E-state index contributed by atoms with van der Waals surface area (Å²) in [5.41, 5.74) is 1.63. The number of aromatic nitrogens is 3. The Morgan fingerprint density at radius 2 is 1.84 bits per heavy atom. The first kappa shape index (κ1) is 30.6. The van der Waals surface area contributed by atoms with Crippen molar-refractivity contribution in [2.75, 3.05) is 23.0 Å². The maximum absolute atomic E-state index is 13.1. The van der Waals surface area contributed by atoms with Gasteiger partial charge in [-0.3, -0.25) is 4.31 Å². The Labute approximate surface area is 249 Å². The third kappa shape index (κ3) is 6.28. The summed E-state index contributed by atoms with van der Waals surface area (Å²) in [5, 5.41) is 21.6. The van der Waals surface area contributed by atoms with Crippen LogP contribution in [0.25, 0.3) is 22.5 Å². The highest BCUT2D eigenvalue weighted by atomic mass is 32.2. The van der Waals surface area contributed by atoms with E-state index in [1.165, 1.54) is 10.6 Å². The van der Waals surface area contributed by atoms with Crippen molar-refractivity contribution >= 4 is 32.6 Å². The lowest BCUT2D eigenvalue weighted by Crippen LogP contribution is -2.55. The number of hydrogen-bond donors (Lipinski definition) is 2. The zero-order valence-corrected chi connectivity index (χ0v) is 25.7. The molecule has 0 unspecified atom stereocenters. The predicted molar refractivity (Wildman–Crippen MR) is 160 cm³/mol. The average molecular weight is 616 g/mol. The lowest BCUT2D eigenvalue weighted by molar-refractivity contribution is -0.148. The molecule has 10 nitrogen and oxygen atoms in total. The van der Waals surface area contributed by atoms with Gasteiger partial charge in [-0.2, -0.15) is 0 Å². The van der Waals surface area contributed by atoms with Crippen LogP contribution in [0.15, 0.2) is 46.9 Å². The molecule has 0 aliphatic heterocycles. The van der Waals surface area contributed by atoms with E-state index in [2.05, 4.69) is 15.5 Å². The van der Waals surface area contributed by atoms with Crippen LogP contribution in [0.5, 0.6) is 5.75 Å². The van der Waals surface area contributed by atoms with Crippen LogP contribution in [0.4, 0.5) is 20.5 Å². The van der Waals surface area contributed by atoms with Gasteiger partial charge < -0.3 is 19.6 Å². The van der Waals surface area contributed by atoms with Crippen molar-refractivity contribution in [2.45, 2.75) is 70.6 Å². The number of pyridine rings is 1. The molecule has 13 heteroatoms. The molecule has 4 aromatic rings. The van der Waals surface area contributed by atoms with Crippen LogP contribution in [0, 0.1) is 6.92 Å². The Hall–Kier alpha value is -3.84. The van der Waals surface area contributed by atoms with Crippen LogP contribution in [0.1, 0.15) is 50.3 Å². The van der Waals surface area contributed by atoms with Crippen molar-refractivity contribution < 1.29 is 31.5 Å². The molecule has 0 bridgehead atoms. The topological polar surface area (TPSA) is 131 Å². The third-order valence-electron chi connectivity index (χ3n) is 7.66. The van der Waals surface area contributed by atoms with Crippen LogP contribution >= 0.6 is 0 Å². The summed E-state index contributed by atoms with van der Waals surface area (Å²) >= 11 is 0. The summed E-state index contributed by atoms with van der Waals surface area (Å²) in [5.74, 6) is 0.816. The van der Waals surface area contributed by atoms with Crippen LogP contribution in [0.3, 0.4) is 0 Å². The number of hydrogen-bond acceptors (Lipinski definition) is 9. The fraction of sp³-hybridized carbons (Fsp3) is 0.433. The molecule has 1 saturated carbocycles. The molecule has 0 radical (unpaired) electrons. The minimum absolute atomic E-state index is 0.0459. The van der Waals surface area contributed by atoms with E-state index in [0.29, 0.717) is 22.6 Å². The summed E-state index contributed by atoms with van der Waals surface area (Å²) in [6.07, 6.45) is -1.89. The van der Waals surface area contributed by atoms with Gasteiger partial charge in [-0.1, -0.05) is 38.0 Å². The Morgan fingerprint density at radius 3 is 2.42 bits per heavy atom. The van der Waals surface area contributed by atoms with Crippen LogP contribution in [-0.4, -0.2) is 60.1 Å². The minimum atomic E-state index is -3.66. The zero-order chi connectivity index (χ0) is 31.3. The first-order valence-electron chi connectivity index (χ1n) is 13.7. The largest absolute Gasteiger partial charge is 0.497 e. The fourth-order valence-electron chi connectivity index (χ4n) is 5.23. The molecular weight excluding hydrogens is 580 g/mol. The Kier molecular flexibility index (Phi) is 7.84. The summed E-state index contributed by atoms with van der Waals surface area (Å²) in [4.78, 5) is 4.87. The third-order valence-corrected chi connectivity index (χ3v) is 8.80. The van der Waals surface area contributed by atoms with E-state index < -0.39 is 33.5 Å². The van der Waals surface area contributed by atoms with Crippen molar-refractivity contribution in [3.8, 4) is 17.3 Å². The van der Waals surface area contributed by atoms with Gasteiger partial charge in [0.2, 0.25) is 10.0 Å². The van der Waals surface area contributed by atoms with Crippen molar-refractivity contribution in [1.82, 2.24) is 15.2 Å². The number of nitrogens with one attached hydrogen (secondary N) is 1. The number of ether oxygens (including phenoxy) is 1. The van der Waals surface area contributed by atoms with Gasteiger partial charge >= 0.3 is 6.01 Å². The molecule has 0 spiro atoms. The van der Waals surface area contributed by atoms with Gasteiger partial charge in [0.15, 0.2) is 0 Å². The number of anilines is 2. The molecule has 1 aliphatic carbocycles. The van der Waals surface area contributed by atoms with E-state index in [9.17, 15) is 22.3 Å². The highest BCUT2D eigenvalue weighted by Crippen LogP contribution is 2.40. The van der Waals surface area contributed by atoms with Gasteiger partial charge in [0.25, 0.3) is 12.3 Å². The number of aliphatic hydroxyl groups is 1. The Balaban J connectivity index is 1.51. The Bertz CT molecular complexity index is 1750. The molecule has 1 fully saturated rings. The summed E-state index contributed by atoms with van der Waals surface area (Å²) in [6, 6.07) is 12.3. The second kappa shape index (κ2) is 11.0. The van der Waals surface area contributed by atoms with Gasteiger partial charge in [-0.25, -0.2) is 22.2 Å². The first-order chi connectivity index (χ1) is 20.1. The average Bonchev–Trinajstić information content (AvgIpc) is 3.38. The summed E-state index contributed by atoms with van der Waals surface area (Å²) < 4.78 is 64.4. The fourth-order valence-corrected chi connectivity index (χ4v) is 6.10. The van der Waals surface area contributed by atoms with E-state index in [-0.39, 0.29) is 31.3 Å². The molecule has 2 aromatic carbocycles. The number of alkyl halides is 2. The molecule has 0 amide bonds. The van der Waals surface area contributed by atoms with Crippen LogP contribution in [0.2, 0.25) is 0 Å². The number of sulfonamides is 1. The monoisotopic (exact) mass is 615 g/mol. The normalized spacial score (nSPS) is 19.0. The molecule has 2 aromatic heterocycles. The van der Waals surface area contributed by atoms with E-state index in [1.807, 2.05) is 52.0 Å². The first-order valence-corrected chi connectivity index (χ1v) is 15.6. The van der Waals surface area contributed by atoms with Gasteiger partial charge in [-0.15, -0.1) is 5.10 Å². The van der Waals surface area contributed by atoms with Crippen molar-refractivity contribution in [1.29, 1.82) is 0 Å². The van der Waals surface area contributed by atoms with E-state index in [0.717, 1.165) is 22.1 Å². The van der Waals surface area contributed by atoms with E-state index in [4.69, 9.17) is 14.1 Å². The number of methoxy groups -OCH3 is 1. The maximum Gasteiger partial charge on any atom is 0.316 e. The number of rotatable bonds is 9. The van der Waals surface area contributed by atoms with Gasteiger partial charge in [0.1, 0.15) is 17.0 Å². The van der Waals surface area contributed by atoms with Crippen molar-refractivity contribution in [2.24, 2.45) is 0 Å². The molecule has 2 N–H and O–H groups in total. The SMILES string of the molecule is COc1ccc(CN(c2cc(C(C)(C)C)c3nc(-c4nnc(NC5CC(O)(C(F)F)C5)o4)cc(C)c3c2)S(C)(=O)=O)cc1. The summed E-state index contributed by atoms with van der Waals surface area (Å²) in [6.45, 7) is 8.11. The molecule has 1 aliphatic rings. The predicted octanol–water partition coefficient (Wildman–Crippen LogP) is 5.44. The van der Waals surface area contributed by atoms with E-state index >= 15 is 0 Å². The number of benzene rings is 2. The lowest BCUT2D eigenvalue weighted by Gasteiger charge is -2.42.